The zero-order valence-corrected chi connectivity index (χ0v) is 15.8. The summed E-state index contributed by atoms with van der Waals surface area (Å²) in [5.74, 6) is 1.40. The number of carbonyl (C=O) groups excluding carboxylic acids is 1. The number of methoxy groups -OCH3 is 2. The zero-order valence-electron chi connectivity index (χ0n) is 15.8. The molecule has 2 aromatic rings. The van der Waals surface area contributed by atoms with Crippen molar-refractivity contribution in [3.05, 3.63) is 48.0 Å². The van der Waals surface area contributed by atoms with Gasteiger partial charge in [0.25, 0.3) is 5.91 Å². The molecule has 1 heterocycles. The summed E-state index contributed by atoms with van der Waals surface area (Å²) in [7, 11) is 3.27. The Labute approximate surface area is 159 Å². The monoisotopic (exact) mass is 370 g/mol. The lowest BCUT2D eigenvalue weighted by atomic mass is 10.1. The molecule has 1 aliphatic heterocycles. The molecule has 0 aromatic heterocycles. The summed E-state index contributed by atoms with van der Waals surface area (Å²) in [6, 6.07) is 13.6. The molecule has 1 unspecified atom stereocenters. The van der Waals surface area contributed by atoms with Crippen LogP contribution in [0.25, 0.3) is 0 Å². The van der Waals surface area contributed by atoms with Crippen LogP contribution in [-0.4, -0.2) is 39.4 Å². The van der Waals surface area contributed by atoms with Gasteiger partial charge in [-0.15, -0.1) is 0 Å². The second kappa shape index (κ2) is 9.28. The van der Waals surface area contributed by atoms with Crippen molar-refractivity contribution in [2.24, 2.45) is 0 Å². The Morgan fingerprint density at radius 3 is 2.48 bits per heavy atom. The van der Waals surface area contributed by atoms with Crippen LogP contribution in [0.5, 0.6) is 11.5 Å². The van der Waals surface area contributed by atoms with Crippen molar-refractivity contribution < 1.29 is 19.0 Å². The highest BCUT2D eigenvalue weighted by Gasteiger charge is 2.23. The molecule has 1 atom stereocenters. The van der Waals surface area contributed by atoms with E-state index in [0.717, 1.165) is 48.7 Å². The number of nitrogens with one attached hydrogen (secondary N) is 2. The number of hydrogen-bond acceptors (Lipinski definition) is 5. The fraction of sp³-hybridized carbons (Fsp3) is 0.381. The highest BCUT2D eigenvalue weighted by Crippen LogP contribution is 2.27. The first-order valence-corrected chi connectivity index (χ1v) is 9.17. The topological polar surface area (TPSA) is 68.8 Å². The lowest BCUT2D eigenvalue weighted by Gasteiger charge is -2.12. The minimum absolute atomic E-state index is 0.0679. The van der Waals surface area contributed by atoms with Gasteiger partial charge in [0, 0.05) is 24.5 Å². The van der Waals surface area contributed by atoms with E-state index in [0.29, 0.717) is 6.61 Å². The molecule has 0 saturated carbocycles. The Balaban J connectivity index is 1.48. The molecule has 6 nitrogen and oxygen atoms in total. The summed E-state index contributed by atoms with van der Waals surface area (Å²) in [5, 5.41) is 6.28. The standard InChI is InChI=1S/C21H26N2O4/c1-25-18-10-5-15(14-20(18)26-2)11-12-22-16-6-8-17(9-7-16)23-21(24)19-4-3-13-27-19/h5-10,14,19,22H,3-4,11-13H2,1-2H3,(H,23,24). The largest absolute Gasteiger partial charge is 0.493 e. The maximum Gasteiger partial charge on any atom is 0.253 e. The van der Waals surface area contributed by atoms with Gasteiger partial charge >= 0.3 is 0 Å². The van der Waals surface area contributed by atoms with Crippen molar-refractivity contribution in [2.45, 2.75) is 25.4 Å². The van der Waals surface area contributed by atoms with Crippen molar-refractivity contribution in [1.82, 2.24) is 0 Å². The summed E-state index contributed by atoms with van der Waals surface area (Å²) in [6.07, 6.45) is 2.28. The van der Waals surface area contributed by atoms with Gasteiger partial charge in [0.05, 0.1) is 14.2 Å². The number of anilines is 2. The third-order valence-electron chi connectivity index (χ3n) is 4.57. The number of hydrogen-bond donors (Lipinski definition) is 2. The van der Waals surface area contributed by atoms with Crippen LogP contribution in [0.1, 0.15) is 18.4 Å². The normalized spacial score (nSPS) is 16.0. The molecule has 2 N–H and O–H groups in total. The van der Waals surface area contributed by atoms with Crippen LogP contribution in [0.3, 0.4) is 0 Å². The Kier molecular flexibility index (Phi) is 6.54. The van der Waals surface area contributed by atoms with Gasteiger partial charge in [-0.05, 0) is 61.2 Å². The lowest BCUT2D eigenvalue weighted by Crippen LogP contribution is -2.26. The number of carbonyl (C=O) groups is 1. The van der Waals surface area contributed by atoms with Crippen LogP contribution >= 0.6 is 0 Å². The molecule has 0 bridgehead atoms. The van der Waals surface area contributed by atoms with Gasteiger partial charge < -0.3 is 24.8 Å². The zero-order chi connectivity index (χ0) is 19.1. The average molecular weight is 370 g/mol. The SMILES string of the molecule is COc1ccc(CCNc2ccc(NC(=O)C3CCCO3)cc2)cc1OC. The first-order chi connectivity index (χ1) is 13.2. The van der Waals surface area contributed by atoms with Crippen molar-refractivity contribution in [1.29, 1.82) is 0 Å². The fourth-order valence-corrected chi connectivity index (χ4v) is 3.07. The quantitative estimate of drug-likeness (QED) is 0.745. The van der Waals surface area contributed by atoms with Crippen molar-refractivity contribution >= 4 is 17.3 Å². The number of rotatable bonds is 8. The van der Waals surface area contributed by atoms with Gasteiger partial charge in [0.15, 0.2) is 11.5 Å². The molecule has 0 radical (unpaired) electrons. The Morgan fingerprint density at radius 2 is 1.81 bits per heavy atom. The van der Waals surface area contributed by atoms with Crippen LogP contribution in [0.4, 0.5) is 11.4 Å². The molecule has 144 valence electrons. The summed E-state index contributed by atoms with van der Waals surface area (Å²) < 4.78 is 16.0. The van der Waals surface area contributed by atoms with Gasteiger partial charge in [0.1, 0.15) is 6.10 Å². The van der Waals surface area contributed by atoms with Gasteiger partial charge in [-0.1, -0.05) is 6.07 Å². The number of ether oxygens (including phenoxy) is 3. The molecule has 0 aliphatic carbocycles. The third-order valence-corrected chi connectivity index (χ3v) is 4.57. The van der Waals surface area contributed by atoms with Crippen molar-refractivity contribution in [3.63, 3.8) is 0 Å². The predicted molar refractivity (Wildman–Crippen MR) is 106 cm³/mol. The molecule has 1 saturated heterocycles. The highest BCUT2D eigenvalue weighted by molar-refractivity contribution is 5.94. The highest BCUT2D eigenvalue weighted by atomic mass is 16.5. The first-order valence-electron chi connectivity index (χ1n) is 9.17. The Bertz CT molecular complexity index is 755. The minimum Gasteiger partial charge on any atom is -0.493 e. The Morgan fingerprint density at radius 1 is 1.07 bits per heavy atom. The Hall–Kier alpha value is -2.73. The third kappa shape index (κ3) is 5.14. The molecule has 0 spiro atoms. The molecule has 27 heavy (non-hydrogen) atoms. The minimum atomic E-state index is -0.315. The number of amides is 1. The summed E-state index contributed by atoms with van der Waals surface area (Å²) in [4.78, 5) is 12.1. The maximum atomic E-state index is 12.1. The smallest absolute Gasteiger partial charge is 0.253 e. The van der Waals surface area contributed by atoms with Crippen LogP contribution in [0.15, 0.2) is 42.5 Å². The molecule has 1 aliphatic rings. The van der Waals surface area contributed by atoms with E-state index in [9.17, 15) is 4.79 Å². The van der Waals surface area contributed by atoms with Gasteiger partial charge in [-0.2, -0.15) is 0 Å². The van der Waals surface area contributed by atoms with E-state index in [1.807, 2.05) is 42.5 Å². The molecular weight excluding hydrogens is 344 g/mol. The summed E-state index contributed by atoms with van der Waals surface area (Å²) in [5.41, 5.74) is 2.95. The summed E-state index contributed by atoms with van der Waals surface area (Å²) in [6.45, 7) is 1.46. The maximum absolute atomic E-state index is 12.1. The van der Waals surface area contributed by atoms with E-state index < -0.39 is 0 Å². The van der Waals surface area contributed by atoms with Crippen LogP contribution < -0.4 is 20.1 Å². The fourth-order valence-electron chi connectivity index (χ4n) is 3.07. The molecular formula is C21H26N2O4. The summed E-state index contributed by atoms with van der Waals surface area (Å²) >= 11 is 0. The van der Waals surface area contributed by atoms with Crippen molar-refractivity contribution in [3.8, 4) is 11.5 Å². The predicted octanol–water partition coefficient (Wildman–Crippen LogP) is 3.48. The van der Waals surface area contributed by atoms with E-state index in [4.69, 9.17) is 14.2 Å². The van der Waals surface area contributed by atoms with Gasteiger partial charge in [0.2, 0.25) is 0 Å². The second-order valence-corrected chi connectivity index (χ2v) is 6.43. The van der Waals surface area contributed by atoms with Crippen LogP contribution in [0.2, 0.25) is 0 Å². The van der Waals surface area contributed by atoms with Crippen LogP contribution in [0, 0.1) is 0 Å². The van der Waals surface area contributed by atoms with E-state index in [1.165, 1.54) is 5.56 Å². The van der Waals surface area contributed by atoms with E-state index in [2.05, 4.69) is 10.6 Å². The second-order valence-electron chi connectivity index (χ2n) is 6.43. The van der Waals surface area contributed by atoms with Crippen molar-refractivity contribution in [2.75, 3.05) is 38.0 Å². The lowest BCUT2D eigenvalue weighted by molar-refractivity contribution is -0.124. The van der Waals surface area contributed by atoms with Crippen LogP contribution in [-0.2, 0) is 16.0 Å². The van der Waals surface area contributed by atoms with Gasteiger partial charge in [-0.3, -0.25) is 4.79 Å². The van der Waals surface area contributed by atoms with E-state index in [-0.39, 0.29) is 12.0 Å². The molecule has 1 fully saturated rings. The van der Waals surface area contributed by atoms with Gasteiger partial charge in [-0.25, -0.2) is 0 Å². The molecule has 3 rings (SSSR count). The first kappa shape index (κ1) is 19.0. The molecule has 6 heteroatoms. The molecule has 2 aromatic carbocycles. The number of benzene rings is 2. The van der Waals surface area contributed by atoms with E-state index >= 15 is 0 Å². The average Bonchev–Trinajstić information content (AvgIpc) is 3.24. The van der Waals surface area contributed by atoms with E-state index in [1.54, 1.807) is 14.2 Å². The molecule has 1 amide bonds.